The van der Waals surface area contributed by atoms with Gasteiger partial charge in [-0.1, -0.05) is 18.2 Å². The van der Waals surface area contributed by atoms with Crippen LogP contribution in [-0.4, -0.2) is 67.8 Å². The van der Waals surface area contributed by atoms with Crippen molar-refractivity contribution in [3.63, 3.8) is 0 Å². The van der Waals surface area contributed by atoms with Crippen molar-refractivity contribution in [3.05, 3.63) is 53.0 Å². The van der Waals surface area contributed by atoms with Gasteiger partial charge < -0.3 is 14.6 Å². The normalized spacial score (nSPS) is 15.6. The minimum Gasteiger partial charge on any atom is -0.465 e. The average Bonchev–Trinajstić information content (AvgIpc) is 3.40. The molecule has 2 aromatic heterocycles. The third kappa shape index (κ3) is 3.66. The summed E-state index contributed by atoms with van der Waals surface area (Å²) in [4.78, 5) is 29.1. The summed E-state index contributed by atoms with van der Waals surface area (Å²) in [7, 11) is -2.47. The van der Waals surface area contributed by atoms with Gasteiger partial charge in [-0.05, 0) is 18.2 Å². The van der Waals surface area contributed by atoms with E-state index in [4.69, 9.17) is 0 Å². The van der Waals surface area contributed by atoms with Crippen LogP contribution in [0.15, 0.2) is 46.0 Å². The topological polar surface area (TPSA) is 99.8 Å². The molecular formula is C19H19N3O5S2. The van der Waals surface area contributed by atoms with Crippen LogP contribution in [0.4, 0.5) is 0 Å². The van der Waals surface area contributed by atoms with E-state index in [-0.39, 0.29) is 28.8 Å². The number of H-pyrrole nitrogens is 1. The Hall–Kier alpha value is -2.69. The van der Waals surface area contributed by atoms with Crippen LogP contribution in [0.25, 0.3) is 10.9 Å². The van der Waals surface area contributed by atoms with Crippen LogP contribution >= 0.6 is 11.3 Å². The maximum atomic E-state index is 12.9. The largest absolute Gasteiger partial charge is 0.465 e. The molecule has 1 N–H and O–H groups in total. The number of aromatic amines is 1. The van der Waals surface area contributed by atoms with E-state index in [1.165, 1.54) is 22.9 Å². The molecule has 0 unspecified atom stereocenters. The molecule has 0 atom stereocenters. The fraction of sp³-hybridized carbons (Fsp3) is 0.263. The number of nitrogens with zero attached hydrogens (tertiary/aromatic N) is 2. The van der Waals surface area contributed by atoms with Crippen LogP contribution in [-0.2, 0) is 14.8 Å². The molecule has 1 fully saturated rings. The number of methoxy groups -OCH3 is 1. The second-order valence-corrected chi connectivity index (χ2v) is 9.69. The molecule has 3 aromatic rings. The van der Waals surface area contributed by atoms with Crippen molar-refractivity contribution >= 4 is 44.1 Å². The summed E-state index contributed by atoms with van der Waals surface area (Å²) < 4.78 is 31.8. The number of para-hydroxylation sites is 1. The number of sulfonamides is 1. The average molecular weight is 434 g/mol. The van der Waals surface area contributed by atoms with Crippen LogP contribution in [0, 0.1) is 0 Å². The van der Waals surface area contributed by atoms with E-state index in [1.54, 1.807) is 11.0 Å². The molecule has 152 valence electrons. The summed E-state index contributed by atoms with van der Waals surface area (Å²) in [5, 5.41) is 2.42. The zero-order chi connectivity index (χ0) is 20.6. The number of amides is 1. The third-order valence-electron chi connectivity index (χ3n) is 4.88. The number of fused-ring (bicyclic) bond motifs is 1. The van der Waals surface area contributed by atoms with Crippen molar-refractivity contribution in [2.24, 2.45) is 0 Å². The highest BCUT2D eigenvalue weighted by atomic mass is 32.2. The number of benzene rings is 1. The highest BCUT2D eigenvalue weighted by Gasteiger charge is 2.32. The summed E-state index contributed by atoms with van der Waals surface area (Å²) in [6.07, 6.45) is 0. The minimum atomic E-state index is -3.72. The molecular weight excluding hydrogens is 414 g/mol. The monoisotopic (exact) mass is 433 g/mol. The lowest BCUT2D eigenvalue weighted by Crippen LogP contribution is -2.50. The Morgan fingerprint density at radius 3 is 2.52 bits per heavy atom. The Balaban J connectivity index is 1.45. The smallest absolute Gasteiger partial charge is 0.338 e. The highest BCUT2D eigenvalue weighted by Crippen LogP contribution is 2.26. The van der Waals surface area contributed by atoms with Crippen molar-refractivity contribution in [3.8, 4) is 0 Å². The molecule has 4 rings (SSSR count). The number of aromatic nitrogens is 1. The molecule has 1 aliphatic heterocycles. The van der Waals surface area contributed by atoms with Crippen LogP contribution in [0.1, 0.15) is 20.8 Å². The van der Waals surface area contributed by atoms with Crippen LogP contribution in [0.2, 0.25) is 0 Å². The van der Waals surface area contributed by atoms with Gasteiger partial charge in [-0.25, -0.2) is 13.2 Å². The van der Waals surface area contributed by atoms with E-state index < -0.39 is 16.0 Å². The number of hydrogen-bond donors (Lipinski definition) is 1. The first-order chi connectivity index (χ1) is 13.9. The summed E-state index contributed by atoms with van der Waals surface area (Å²) in [5.74, 6) is -0.723. The molecule has 29 heavy (non-hydrogen) atoms. The zero-order valence-electron chi connectivity index (χ0n) is 15.6. The Kier molecular flexibility index (Phi) is 5.15. The number of carbonyl (C=O) groups is 2. The predicted octanol–water partition coefficient (Wildman–Crippen LogP) is 2.16. The standard InChI is InChI=1S/C19H19N3O5S2/c1-27-19(24)14-11-17(28-12-14)29(25,26)22-8-6-21(7-9-22)18(23)16-10-13-4-2-3-5-15(13)20-16/h2-5,10-12,20H,6-9H2,1H3. The van der Waals surface area contributed by atoms with Crippen molar-refractivity contribution in [2.45, 2.75) is 4.21 Å². The van der Waals surface area contributed by atoms with Crippen molar-refractivity contribution < 1.29 is 22.7 Å². The van der Waals surface area contributed by atoms with E-state index in [2.05, 4.69) is 9.72 Å². The predicted molar refractivity (Wildman–Crippen MR) is 109 cm³/mol. The van der Waals surface area contributed by atoms with Gasteiger partial charge in [0.1, 0.15) is 9.90 Å². The molecule has 8 nitrogen and oxygen atoms in total. The molecule has 10 heteroatoms. The molecule has 1 saturated heterocycles. The van der Waals surface area contributed by atoms with Gasteiger partial charge in [0.15, 0.2) is 0 Å². The van der Waals surface area contributed by atoms with E-state index >= 15 is 0 Å². The number of piperazine rings is 1. The van der Waals surface area contributed by atoms with E-state index in [0.717, 1.165) is 22.2 Å². The van der Waals surface area contributed by atoms with Gasteiger partial charge in [0, 0.05) is 42.5 Å². The molecule has 0 radical (unpaired) electrons. The van der Waals surface area contributed by atoms with Gasteiger partial charge in [-0.2, -0.15) is 4.31 Å². The molecule has 0 spiro atoms. The zero-order valence-corrected chi connectivity index (χ0v) is 17.3. The first kappa shape index (κ1) is 19.6. The molecule has 0 aliphatic carbocycles. The fourth-order valence-electron chi connectivity index (χ4n) is 3.29. The number of carbonyl (C=O) groups excluding carboxylic acids is 2. The Morgan fingerprint density at radius 1 is 1.10 bits per heavy atom. The van der Waals surface area contributed by atoms with Crippen molar-refractivity contribution in [1.82, 2.24) is 14.2 Å². The van der Waals surface area contributed by atoms with Crippen LogP contribution in [0.5, 0.6) is 0 Å². The maximum Gasteiger partial charge on any atom is 0.338 e. The quantitative estimate of drug-likeness (QED) is 0.636. The number of esters is 1. The Morgan fingerprint density at radius 2 is 1.83 bits per heavy atom. The summed E-state index contributed by atoms with van der Waals surface area (Å²) in [6, 6.07) is 10.8. The molecule has 1 aliphatic rings. The number of thiophene rings is 1. The van der Waals surface area contributed by atoms with Gasteiger partial charge in [0.05, 0.1) is 12.7 Å². The first-order valence-corrected chi connectivity index (χ1v) is 11.3. The highest BCUT2D eigenvalue weighted by molar-refractivity contribution is 7.91. The molecule has 0 saturated carbocycles. The second kappa shape index (κ2) is 7.62. The minimum absolute atomic E-state index is 0.0910. The van der Waals surface area contributed by atoms with Gasteiger partial charge in [-0.3, -0.25) is 4.79 Å². The summed E-state index contributed by atoms with van der Waals surface area (Å²) in [6.45, 7) is 0.977. The number of rotatable bonds is 4. The number of hydrogen-bond acceptors (Lipinski definition) is 6. The molecule has 1 amide bonds. The van der Waals surface area contributed by atoms with Gasteiger partial charge in [0.25, 0.3) is 15.9 Å². The summed E-state index contributed by atoms with van der Waals surface area (Å²) >= 11 is 0.984. The Bertz CT molecular complexity index is 1140. The van der Waals surface area contributed by atoms with Gasteiger partial charge in [-0.15, -0.1) is 11.3 Å². The molecule has 3 heterocycles. The lowest BCUT2D eigenvalue weighted by atomic mass is 10.2. The lowest BCUT2D eigenvalue weighted by Gasteiger charge is -2.33. The van der Waals surface area contributed by atoms with Crippen LogP contribution < -0.4 is 0 Å². The lowest BCUT2D eigenvalue weighted by molar-refractivity contribution is 0.0600. The van der Waals surface area contributed by atoms with Crippen molar-refractivity contribution in [1.29, 1.82) is 0 Å². The molecule has 0 bridgehead atoms. The van der Waals surface area contributed by atoms with E-state index in [1.807, 2.05) is 24.3 Å². The fourth-order valence-corrected chi connectivity index (χ4v) is 6.02. The Labute approximate surface area is 171 Å². The van der Waals surface area contributed by atoms with E-state index in [0.29, 0.717) is 18.8 Å². The van der Waals surface area contributed by atoms with Gasteiger partial charge >= 0.3 is 5.97 Å². The number of ether oxygens (including phenoxy) is 1. The second-order valence-electron chi connectivity index (χ2n) is 6.61. The number of nitrogens with one attached hydrogen (secondary N) is 1. The first-order valence-electron chi connectivity index (χ1n) is 8.94. The van der Waals surface area contributed by atoms with Gasteiger partial charge in [0.2, 0.25) is 0 Å². The molecule has 1 aromatic carbocycles. The van der Waals surface area contributed by atoms with Crippen LogP contribution in [0.3, 0.4) is 0 Å². The summed E-state index contributed by atoms with van der Waals surface area (Å²) in [5.41, 5.74) is 1.59. The van der Waals surface area contributed by atoms with Crippen molar-refractivity contribution in [2.75, 3.05) is 33.3 Å². The SMILES string of the molecule is COC(=O)c1csc(S(=O)(=O)N2CCN(C(=O)c3cc4ccccc4[nH]3)CC2)c1. The maximum absolute atomic E-state index is 12.9. The van der Waals surface area contributed by atoms with E-state index in [9.17, 15) is 18.0 Å². The third-order valence-corrected chi connectivity index (χ3v) is 8.19.